The maximum absolute atomic E-state index is 14.4. The molecular weight excluding hydrogens is 407 g/mol. The number of fused-ring (bicyclic) bond motifs is 1. The maximum Gasteiger partial charge on any atom is 0.254 e. The van der Waals surface area contributed by atoms with Crippen molar-refractivity contribution >= 4 is 28.4 Å². The van der Waals surface area contributed by atoms with Gasteiger partial charge in [-0.1, -0.05) is 54.6 Å². The number of rotatable bonds is 6. The molecule has 4 rings (SSSR count). The number of allylic oxidation sites excluding steroid dienone is 4. The lowest BCUT2D eigenvalue weighted by molar-refractivity contribution is -0.124. The number of aryl methyl sites for hydroxylation is 1. The summed E-state index contributed by atoms with van der Waals surface area (Å²) >= 11 is 0. The van der Waals surface area contributed by atoms with Gasteiger partial charge in [0.15, 0.2) is 0 Å². The minimum absolute atomic E-state index is 0.0360. The minimum Gasteiger partial charge on any atom is -0.340 e. The molecule has 2 N–H and O–H groups in total. The van der Waals surface area contributed by atoms with Gasteiger partial charge in [-0.15, -0.1) is 0 Å². The van der Waals surface area contributed by atoms with E-state index >= 15 is 0 Å². The van der Waals surface area contributed by atoms with E-state index in [1.165, 1.54) is 6.08 Å². The van der Waals surface area contributed by atoms with Crippen LogP contribution in [-0.4, -0.2) is 27.6 Å². The molecule has 7 heteroatoms. The highest BCUT2D eigenvalue weighted by atomic mass is 19.1. The van der Waals surface area contributed by atoms with Crippen molar-refractivity contribution in [2.24, 2.45) is 7.05 Å². The van der Waals surface area contributed by atoms with E-state index in [0.29, 0.717) is 5.69 Å². The molecule has 0 saturated carbocycles. The first-order chi connectivity index (χ1) is 15.5. The van der Waals surface area contributed by atoms with Gasteiger partial charge >= 0.3 is 0 Å². The lowest BCUT2D eigenvalue weighted by Gasteiger charge is -2.19. The SMILES string of the molecule is Cn1ncc2c(NC(=O)C(Cc3ccccc3)NC(=O)C3=C(F)CC=CC=C3)cccc21. The van der Waals surface area contributed by atoms with Crippen molar-refractivity contribution < 1.29 is 14.0 Å². The molecule has 6 nitrogen and oxygen atoms in total. The van der Waals surface area contributed by atoms with E-state index in [-0.39, 0.29) is 18.4 Å². The Morgan fingerprint density at radius 3 is 2.75 bits per heavy atom. The van der Waals surface area contributed by atoms with Gasteiger partial charge in [0.05, 0.1) is 23.0 Å². The standard InChI is InChI=1S/C25H23FN4O2/c1-30-23-14-8-13-21(19(23)16-27-30)28-25(32)22(15-17-9-4-2-5-10-17)29-24(31)18-11-6-3-7-12-20(18)26/h2-11,13-14,16,22H,12,15H2,1H3,(H,28,32)(H,29,31). The Labute approximate surface area is 185 Å². The van der Waals surface area contributed by atoms with Crippen molar-refractivity contribution in [3.63, 3.8) is 0 Å². The third-order valence-electron chi connectivity index (χ3n) is 5.30. The largest absolute Gasteiger partial charge is 0.340 e. The second kappa shape index (κ2) is 9.43. The summed E-state index contributed by atoms with van der Waals surface area (Å²) in [7, 11) is 1.82. The average Bonchev–Trinajstić information content (AvgIpc) is 3.04. The van der Waals surface area contributed by atoms with Crippen LogP contribution in [0.15, 0.2) is 90.4 Å². The van der Waals surface area contributed by atoms with Gasteiger partial charge in [0, 0.05) is 25.3 Å². The van der Waals surface area contributed by atoms with Crippen LogP contribution in [0.1, 0.15) is 12.0 Å². The van der Waals surface area contributed by atoms with Crippen LogP contribution in [0.3, 0.4) is 0 Å². The molecule has 0 bridgehead atoms. The number of aromatic nitrogens is 2. The third-order valence-corrected chi connectivity index (χ3v) is 5.30. The highest BCUT2D eigenvalue weighted by Gasteiger charge is 2.24. The topological polar surface area (TPSA) is 76.0 Å². The fourth-order valence-electron chi connectivity index (χ4n) is 3.60. The lowest BCUT2D eigenvalue weighted by atomic mass is 10.0. The summed E-state index contributed by atoms with van der Waals surface area (Å²) in [6.45, 7) is 0. The number of halogens is 1. The average molecular weight is 430 g/mol. The van der Waals surface area contributed by atoms with Crippen LogP contribution >= 0.6 is 0 Å². The van der Waals surface area contributed by atoms with Gasteiger partial charge in [-0.05, 0) is 23.8 Å². The smallest absolute Gasteiger partial charge is 0.254 e. The zero-order valence-electron chi connectivity index (χ0n) is 17.6. The minimum atomic E-state index is -0.901. The Morgan fingerprint density at radius 2 is 1.94 bits per heavy atom. The number of benzene rings is 2. The van der Waals surface area contributed by atoms with E-state index in [1.54, 1.807) is 35.2 Å². The molecule has 2 amide bonds. The number of hydrogen-bond acceptors (Lipinski definition) is 3. The number of hydrogen-bond donors (Lipinski definition) is 2. The molecule has 162 valence electrons. The highest BCUT2D eigenvalue weighted by Crippen LogP contribution is 2.23. The van der Waals surface area contributed by atoms with E-state index in [0.717, 1.165) is 16.5 Å². The van der Waals surface area contributed by atoms with Gasteiger partial charge in [-0.2, -0.15) is 5.10 Å². The number of anilines is 1. The molecule has 0 spiro atoms. The quantitative estimate of drug-likeness (QED) is 0.621. The van der Waals surface area contributed by atoms with Crippen LogP contribution in [0.25, 0.3) is 10.9 Å². The van der Waals surface area contributed by atoms with Crippen molar-refractivity contribution in [2.75, 3.05) is 5.32 Å². The molecule has 1 aliphatic carbocycles. The molecule has 1 aromatic heterocycles. The molecule has 1 unspecified atom stereocenters. The second-order valence-electron chi connectivity index (χ2n) is 7.52. The highest BCUT2D eigenvalue weighted by molar-refractivity contribution is 6.06. The number of amides is 2. The Kier molecular flexibility index (Phi) is 6.26. The summed E-state index contributed by atoms with van der Waals surface area (Å²) in [6, 6.07) is 14.0. The van der Waals surface area contributed by atoms with Crippen LogP contribution in [0.2, 0.25) is 0 Å². The Bertz CT molecular complexity index is 1240. The first-order valence-corrected chi connectivity index (χ1v) is 10.3. The molecule has 32 heavy (non-hydrogen) atoms. The summed E-state index contributed by atoms with van der Waals surface area (Å²) in [4.78, 5) is 26.1. The van der Waals surface area contributed by atoms with Crippen molar-refractivity contribution in [3.05, 3.63) is 96.0 Å². The zero-order valence-corrected chi connectivity index (χ0v) is 17.6. The van der Waals surface area contributed by atoms with Crippen LogP contribution in [0.5, 0.6) is 0 Å². The predicted octanol–water partition coefficient (Wildman–Crippen LogP) is 3.98. The van der Waals surface area contributed by atoms with Crippen LogP contribution in [0.4, 0.5) is 10.1 Å². The third kappa shape index (κ3) is 4.67. The maximum atomic E-state index is 14.4. The van der Waals surface area contributed by atoms with Gasteiger partial charge in [-0.25, -0.2) is 4.39 Å². The van der Waals surface area contributed by atoms with E-state index in [2.05, 4.69) is 15.7 Å². The first-order valence-electron chi connectivity index (χ1n) is 10.3. The predicted molar refractivity (Wildman–Crippen MR) is 122 cm³/mol. The molecule has 2 aromatic carbocycles. The second-order valence-corrected chi connectivity index (χ2v) is 7.52. The Hall–Kier alpha value is -4.00. The van der Waals surface area contributed by atoms with Crippen molar-refractivity contribution in [1.82, 2.24) is 15.1 Å². The van der Waals surface area contributed by atoms with Gasteiger partial charge in [0.2, 0.25) is 5.91 Å². The summed E-state index contributed by atoms with van der Waals surface area (Å²) in [5.41, 5.74) is 2.27. The summed E-state index contributed by atoms with van der Waals surface area (Å²) in [5.74, 6) is -1.56. The first kappa shape index (κ1) is 21.2. The van der Waals surface area contributed by atoms with Crippen molar-refractivity contribution in [2.45, 2.75) is 18.9 Å². The van der Waals surface area contributed by atoms with Crippen LogP contribution < -0.4 is 10.6 Å². The monoisotopic (exact) mass is 430 g/mol. The van der Waals surface area contributed by atoms with Crippen LogP contribution in [-0.2, 0) is 23.1 Å². The fourth-order valence-corrected chi connectivity index (χ4v) is 3.60. The van der Waals surface area contributed by atoms with Crippen molar-refractivity contribution in [1.29, 1.82) is 0 Å². The van der Waals surface area contributed by atoms with E-state index in [9.17, 15) is 14.0 Å². The number of nitrogens with one attached hydrogen (secondary N) is 2. The molecule has 0 saturated heterocycles. The molecule has 0 fully saturated rings. The van der Waals surface area contributed by atoms with Gasteiger partial charge < -0.3 is 10.6 Å². The molecule has 1 aliphatic rings. The Morgan fingerprint density at radius 1 is 1.12 bits per heavy atom. The van der Waals surface area contributed by atoms with E-state index in [1.807, 2.05) is 49.5 Å². The van der Waals surface area contributed by atoms with Gasteiger partial charge in [0.25, 0.3) is 5.91 Å². The molecule has 3 aromatic rings. The van der Waals surface area contributed by atoms with E-state index < -0.39 is 23.7 Å². The normalized spacial score (nSPS) is 14.3. The lowest BCUT2D eigenvalue weighted by Crippen LogP contribution is -2.45. The molecule has 1 atom stereocenters. The van der Waals surface area contributed by atoms with Gasteiger partial charge in [0.1, 0.15) is 11.9 Å². The van der Waals surface area contributed by atoms with Gasteiger partial charge in [-0.3, -0.25) is 14.3 Å². The summed E-state index contributed by atoms with van der Waals surface area (Å²) in [6.07, 6.45) is 8.32. The molecule has 0 aliphatic heterocycles. The fraction of sp³-hybridized carbons (Fsp3) is 0.160. The number of carbonyl (C=O) groups is 2. The summed E-state index contributed by atoms with van der Waals surface area (Å²) < 4.78 is 16.1. The van der Waals surface area contributed by atoms with E-state index in [4.69, 9.17) is 0 Å². The zero-order chi connectivity index (χ0) is 22.5. The molecular formula is C25H23FN4O2. The summed E-state index contributed by atoms with van der Waals surface area (Å²) in [5, 5.41) is 10.7. The number of nitrogens with zero attached hydrogens (tertiary/aromatic N) is 2. The van der Waals surface area contributed by atoms with Crippen molar-refractivity contribution in [3.8, 4) is 0 Å². The van der Waals surface area contributed by atoms with Crippen LogP contribution in [0, 0.1) is 0 Å². The number of carbonyl (C=O) groups excluding carboxylic acids is 2. The molecule has 0 radical (unpaired) electrons. The molecule has 1 heterocycles. The Balaban J connectivity index is 1.60.